The molecule has 3 aliphatic heterocycles. The molecule has 0 bridgehead atoms. The van der Waals surface area contributed by atoms with Crippen LogP contribution in [0.3, 0.4) is 0 Å². The molecule has 4 unspecified atom stereocenters. The van der Waals surface area contributed by atoms with E-state index in [4.69, 9.17) is 5.73 Å². The molecule has 7 amide bonds. The summed E-state index contributed by atoms with van der Waals surface area (Å²) < 4.78 is 0. The first-order valence-corrected chi connectivity index (χ1v) is 14.8. The molecule has 0 aromatic carbocycles. The molecule has 0 aliphatic carbocycles. The number of carbonyl (C=O) groups is 7. The van der Waals surface area contributed by atoms with Crippen molar-refractivity contribution < 1.29 is 38.7 Å². The van der Waals surface area contributed by atoms with Gasteiger partial charge in [0.05, 0.1) is 25.7 Å². The van der Waals surface area contributed by atoms with Gasteiger partial charge in [-0.2, -0.15) is 0 Å². The summed E-state index contributed by atoms with van der Waals surface area (Å²) in [5.41, 5.74) is 5.51. The summed E-state index contributed by atoms with van der Waals surface area (Å²) in [7, 11) is 0. The Morgan fingerprint density at radius 3 is 1.84 bits per heavy atom. The van der Waals surface area contributed by atoms with Crippen LogP contribution in [0.5, 0.6) is 0 Å². The number of carbonyl (C=O) groups excluding carboxylic acids is 7. The van der Waals surface area contributed by atoms with Crippen molar-refractivity contribution in [3.8, 4) is 0 Å². The van der Waals surface area contributed by atoms with Crippen molar-refractivity contribution in [1.82, 2.24) is 36.0 Å². The molecule has 3 fully saturated rings. The minimum Gasteiger partial charge on any atom is -0.394 e. The van der Waals surface area contributed by atoms with Crippen LogP contribution in [0.15, 0.2) is 0 Å². The van der Waals surface area contributed by atoms with E-state index in [9.17, 15) is 38.7 Å². The monoisotopic (exact) mass is 608 g/mol. The molecule has 0 radical (unpaired) electrons. The van der Waals surface area contributed by atoms with Crippen LogP contribution in [0.25, 0.3) is 0 Å². The second-order valence-electron chi connectivity index (χ2n) is 11.2. The summed E-state index contributed by atoms with van der Waals surface area (Å²) in [4.78, 5) is 92.7. The van der Waals surface area contributed by atoms with Crippen LogP contribution in [0.1, 0.15) is 52.4 Å². The summed E-state index contributed by atoms with van der Waals surface area (Å²) in [5, 5.41) is 19.6. The third kappa shape index (κ3) is 8.86. The van der Waals surface area contributed by atoms with Crippen LogP contribution in [-0.4, -0.2) is 137 Å². The minimum atomic E-state index is -1.26. The highest BCUT2D eigenvalue weighted by Crippen LogP contribution is 2.20. The topological polar surface area (TPSA) is 224 Å². The lowest BCUT2D eigenvalue weighted by atomic mass is 10.1. The van der Waals surface area contributed by atoms with Gasteiger partial charge in [-0.15, -0.1) is 0 Å². The number of amides is 7. The number of hydrogen-bond acceptors (Lipinski definition) is 9. The van der Waals surface area contributed by atoms with Gasteiger partial charge in [-0.25, -0.2) is 0 Å². The number of aliphatic hydroxyl groups excluding tert-OH is 1. The molecule has 0 aromatic rings. The molecule has 16 nitrogen and oxygen atoms in total. The third-order valence-corrected chi connectivity index (χ3v) is 7.93. The average molecular weight is 609 g/mol. The standard InChI is InChI=1S/C27H44N8O8/c1-16(28)23(39)32-18(15-36)27(43)35-12-6-8-20(35)24(40)29-13-21(37)31-17(2)26(42)34-11-5-7-19(34)25(41)30-14-22(38)33-9-3-4-10-33/h16-20,36H,3-15,28H2,1-2H3,(H,29,40)(H,30,41)(H,31,37)(H,32,39)/t16?,17?,18?,19?,20-/m0/s1. The highest BCUT2D eigenvalue weighted by Gasteiger charge is 2.39. The molecule has 3 heterocycles. The Morgan fingerprint density at radius 1 is 0.767 bits per heavy atom. The summed E-state index contributed by atoms with van der Waals surface area (Å²) in [6, 6.07) is -4.78. The van der Waals surface area contributed by atoms with E-state index in [0.29, 0.717) is 45.3 Å². The van der Waals surface area contributed by atoms with E-state index in [1.165, 1.54) is 23.6 Å². The van der Waals surface area contributed by atoms with Crippen molar-refractivity contribution >= 4 is 41.4 Å². The number of nitrogens with zero attached hydrogens (tertiary/aromatic N) is 3. The van der Waals surface area contributed by atoms with Crippen LogP contribution in [0, 0.1) is 0 Å². The fraction of sp³-hybridized carbons (Fsp3) is 0.741. The van der Waals surface area contributed by atoms with Crippen molar-refractivity contribution in [3.05, 3.63) is 0 Å². The van der Waals surface area contributed by atoms with E-state index in [0.717, 1.165) is 12.8 Å². The van der Waals surface area contributed by atoms with E-state index < -0.39 is 78.8 Å². The maximum Gasteiger partial charge on any atom is 0.248 e. The van der Waals surface area contributed by atoms with Gasteiger partial charge < -0.3 is 46.8 Å². The second kappa shape index (κ2) is 15.6. The van der Waals surface area contributed by atoms with E-state index in [1.54, 1.807) is 4.90 Å². The Balaban J connectivity index is 1.46. The summed E-state index contributed by atoms with van der Waals surface area (Å²) in [5.74, 6) is -3.52. The molecule has 3 saturated heterocycles. The van der Waals surface area contributed by atoms with Crippen molar-refractivity contribution in [2.24, 2.45) is 5.73 Å². The van der Waals surface area contributed by atoms with Crippen LogP contribution in [-0.2, 0) is 33.6 Å². The predicted octanol–water partition coefficient (Wildman–Crippen LogP) is -3.85. The van der Waals surface area contributed by atoms with E-state index >= 15 is 0 Å². The quantitative estimate of drug-likeness (QED) is 0.127. The van der Waals surface area contributed by atoms with Gasteiger partial charge in [-0.3, -0.25) is 33.6 Å². The Bertz CT molecular complexity index is 1080. The van der Waals surface area contributed by atoms with Gasteiger partial charge >= 0.3 is 0 Å². The highest BCUT2D eigenvalue weighted by atomic mass is 16.3. The lowest BCUT2D eigenvalue weighted by molar-refractivity contribution is -0.143. The van der Waals surface area contributed by atoms with Gasteiger partial charge in [-0.1, -0.05) is 0 Å². The number of nitrogens with one attached hydrogen (secondary N) is 4. The predicted molar refractivity (Wildman–Crippen MR) is 152 cm³/mol. The molecular weight excluding hydrogens is 564 g/mol. The van der Waals surface area contributed by atoms with Gasteiger partial charge in [-0.05, 0) is 52.4 Å². The fourth-order valence-electron chi connectivity index (χ4n) is 5.54. The Labute approximate surface area is 250 Å². The van der Waals surface area contributed by atoms with Crippen molar-refractivity contribution in [3.63, 3.8) is 0 Å². The Kier molecular flexibility index (Phi) is 12.2. The first kappa shape index (κ1) is 33.7. The number of hydrogen-bond donors (Lipinski definition) is 6. The zero-order valence-corrected chi connectivity index (χ0v) is 24.8. The van der Waals surface area contributed by atoms with Gasteiger partial charge in [0.1, 0.15) is 24.2 Å². The number of nitrogens with two attached hydrogens (primary N) is 1. The van der Waals surface area contributed by atoms with E-state index in [1.807, 2.05) is 0 Å². The van der Waals surface area contributed by atoms with Crippen molar-refractivity contribution in [2.75, 3.05) is 45.9 Å². The molecule has 5 atom stereocenters. The zero-order valence-electron chi connectivity index (χ0n) is 24.8. The number of likely N-dealkylation sites (tertiary alicyclic amines) is 3. The van der Waals surface area contributed by atoms with Crippen molar-refractivity contribution in [1.29, 1.82) is 0 Å². The molecular formula is C27H44N8O8. The third-order valence-electron chi connectivity index (χ3n) is 7.93. The normalized spacial score (nSPS) is 22.0. The molecule has 16 heteroatoms. The molecule has 3 rings (SSSR count). The Morgan fingerprint density at radius 2 is 1.30 bits per heavy atom. The van der Waals surface area contributed by atoms with Gasteiger partial charge in [0.25, 0.3) is 0 Å². The zero-order chi connectivity index (χ0) is 31.7. The fourth-order valence-corrected chi connectivity index (χ4v) is 5.54. The first-order chi connectivity index (χ1) is 20.4. The lowest BCUT2D eigenvalue weighted by Crippen LogP contribution is -2.57. The SMILES string of the molecule is CC(N)C(=O)NC(CO)C(=O)N1CCC[C@H]1C(=O)NCC(=O)NC(C)C(=O)N1CCCC1C(=O)NCC(=O)N1CCCC1. The number of aliphatic hydroxyl groups is 1. The molecule has 7 N–H and O–H groups in total. The van der Waals surface area contributed by atoms with Crippen LogP contribution < -0.4 is 27.0 Å². The van der Waals surface area contributed by atoms with Crippen LogP contribution in [0.4, 0.5) is 0 Å². The first-order valence-electron chi connectivity index (χ1n) is 14.8. The lowest BCUT2D eigenvalue weighted by Gasteiger charge is -2.28. The molecule has 43 heavy (non-hydrogen) atoms. The maximum absolute atomic E-state index is 13.1. The minimum absolute atomic E-state index is 0.129. The second-order valence-corrected chi connectivity index (χ2v) is 11.2. The average Bonchev–Trinajstić information content (AvgIpc) is 3.78. The largest absolute Gasteiger partial charge is 0.394 e. The van der Waals surface area contributed by atoms with Crippen LogP contribution in [0.2, 0.25) is 0 Å². The van der Waals surface area contributed by atoms with Gasteiger partial charge in [0.2, 0.25) is 41.4 Å². The summed E-state index contributed by atoms with van der Waals surface area (Å²) in [6.07, 6.45) is 3.76. The summed E-state index contributed by atoms with van der Waals surface area (Å²) in [6.45, 7) is 3.57. The molecule has 0 aromatic heterocycles. The van der Waals surface area contributed by atoms with Crippen molar-refractivity contribution in [2.45, 2.75) is 82.6 Å². The highest BCUT2D eigenvalue weighted by molar-refractivity contribution is 5.96. The van der Waals surface area contributed by atoms with Crippen LogP contribution >= 0.6 is 0 Å². The Hall–Kier alpha value is -3.79. The molecule has 240 valence electrons. The van der Waals surface area contributed by atoms with E-state index in [-0.39, 0.29) is 19.0 Å². The number of rotatable bonds is 12. The molecule has 0 saturated carbocycles. The molecule has 3 aliphatic rings. The van der Waals surface area contributed by atoms with Gasteiger partial charge in [0, 0.05) is 26.2 Å². The molecule has 0 spiro atoms. The smallest absolute Gasteiger partial charge is 0.248 e. The van der Waals surface area contributed by atoms with Gasteiger partial charge in [0.15, 0.2) is 0 Å². The van der Waals surface area contributed by atoms with E-state index in [2.05, 4.69) is 21.3 Å². The summed E-state index contributed by atoms with van der Waals surface area (Å²) >= 11 is 0. The maximum atomic E-state index is 13.1.